The molecule has 116 valence electrons. The number of rotatable bonds is 5. The number of carbonyl (C=O) groups excluding carboxylic acids is 1. The van der Waals surface area contributed by atoms with Crippen LogP contribution in [0.3, 0.4) is 0 Å². The summed E-state index contributed by atoms with van der Waals surface area (Å²) < 4.78 is 11.4. The first-order valence-corrected chi connectivity index (χ1v) is 6.31. The molecule has 0 spiro atoms. The molecule has 1 saturated heterocycles. The van der Waals surface area contributed by atoms with Crippen LogP contribution in [0.15, 0.2) is 15.7 Å². The van der Waals surface area contributed by atoms with Crippen molar-refractivity contribution in [1.82, 2.24) is 9.55 Å². The number of hydrogen-bond acceptors (Lipinski definition) is 7. The fourth-order valence-corrected chi connectivity index (χ4v) is 2.25. The molecule has 3 N–H and O–H groups in total. The van der Waals surface area contributed by atoms with E-state index in [2.05, 4.69) is 4.98 Å². The molecular formula is C12H16N2O7. The molecule has 4 atom stereocenters. The minimum absolute atomic E-state index is 0.107. The van der Waals surface area contributed by atoms with Gasteiger partial charge in [-0.15, -0.1) is 0 Å². The second-order valence-electron chi connectivity index (χ2n) is 4.70. The average molecular weight is 300 g/mol. The lowest BCUT2D eigenvalue weighted by Gasteiger charge is -2.19. The lowest BCUT2D eigenvalue weighted by atomic mass is 10.1. The van der Waals surface area contributed by atoms with Crippen LogP contribution in [0, 0.1) is 6.92 Å². The molecule has 9 nitrogen and oxygen atoms in total. The maximum absolute atomic E-state index is 11.8. The van der Waals surface area contributed by atoms with Crippen LogP contribution in [-0.4, -0.2) is 57.6 Å². The van der Waals surface area contributed by atoms with E-state index in [0.717, 1.165) is 4.57 Å². The monoisotopic (exact) mass is 300 g/mol. The van der Waals surface area contributed by atoms with E-state index in [1.54, 1.807) is 0 Å². The molecule has 1 aromatic heterocycles. The number of aldehydes is 1. The first-order valence-electron chi connectivity index (χ1n) is 6.31. The zero-order valence-electron chi connectivity index (χ0n) is 11.3. The molecule has 21 heavy (non-hydrogen) atoms. The Balaban J connectivity index is 2.23. The van der Waals surface area contributed by atoms with Crippen molar-refractivity contribution in [2.24, 2.45) is 0 Å². The fourth-order valence-electron chi connectivity index (χ4n) is 2.25. The third-order valence-electron chi connectivity index (χ3n) is 3.23. The zero-order chi connectivity index (χ0) is 15.6. The number of aryl methyl sites for hydroxylation is 1. The molecule has 1 fully saturated rings. The fraction of sp³-hybridized carbons (Fsp3) is 0.583. The standard InChI is InChI=1S/C12H16N2O7/c1-6-4-8(16)13-12(19)14(6)11-10(18)9(17)7(21-11)5-20-3-2-15/h2,4,7,9-11,17-18H,3,5H2,1H3,(H,13,16,19)/t7-,9?,10?,11-/m0/s1. The highest BCUT2D eigenvalue weighted by atomic mass is 16.6. The van der Waals surface area contributed by atoms with E-state index in [1.165, 1.54) is 13.0 Å². The number of hydrogen-bond donors (Lipinski definition) is 3. The van der Waals surface area contributed by atoms with Crippen LogP contribution >= 0.6 is 0 Å². The number of aliphatic hydroxyl groups is 2. The molecule has 1 aliphatic heterocycles. The second kappa shape index (κ2) is 6.31. The van der Waals surface area contributed by atoms with Gasteiger partial charge in [0.25, 0.3) is 5.56 Å². The molecule has 0 saturated carbocycles. The lowest BCUT2D eigenvalue weighted by Crippen LogP contribution is -2.39. The van der Waals surface area contributed by atoms with Gasteiger partial charge in [0, 0.05) is 11.8 Å². The summed E-state index contributed by atoms with van der Waals surface area (Å²) in [6.45, 7) is 1.24. The van der Waals surface area contributed by atoms with E-state index in [4.69, 9.17) is 9.47 Å². The first-order chi connectivity index (χ1) is 9.95. The third kappa shape index (κ3) is 3.10. The van der Waals surface area contributed by atoms with Gasteiger partial charge < -0.3 is 24.5 Å². The molecule has 0 bridgehead atoms. The van der Waals surface area contributed by atoms with Gasteiger partial charge >= 0.3 is 5.69 Å². The number of H-pyrrole nitrogens is 1. The third-order valence-corrected chi connectivity index (χ3v) is 3.23. The quantitative estimate of drug-likeness (QED) is 0.411. The van der Waals surface area contributed by atoms with Gasteiger partial charge in [0.15, 0.2) is 6.23 Å². The van der Waals surface area contributed by atoms with Crippen LogP contribution in [-0.2, 0) is 14.3 Å². The molecule has 0 aromatic carbocycles. The van der Waals surface area contributed by atoms with E-state index < -0.39 is 35.8 Å². The number of nitrogens with zero attached hydrogens (tertiary/aromatic N) is 1. The van der Waals surface area contributed by atoms with Gasteiger partial charge in [0.2, 0.25) is 0 Å². The summed E-state index contributed by atoms with van der Waals surface area (Å²) in [7, 11) is 0. The average Bonchev–Trinajstić information content (AvgIpc) is 2.67. The summed E-state index contributed by atoms with van der Waals surface area (Å²) >= 11 is 0. The Morgan fingerprint density at radius 3 is 2.76 bits per heavy atom. The van der Waals surface area contributed by atoms with Crippen molar-refractivity contribution in [3.63, 3.8) is 0 Å². The van der Waals surface area contributed by atoms with Crippen LogP contribution in [0.4, 0.5) is 0 Å². The summed E-state index contributed by atoms with van der Waals surface area (Å²) in [4.78, 5) is 35.2. The van der Waals surface area contributed by atoms with Gasteiger partial charge in [0.1, 0.15) is 31.2 Å². The highest BCUT2D eigenvalue weighted by Crippen LogP contribution is 2.29. The molecule has 2 heterocycles. The Labute approximate surface area is 118 Å². The molecule has 1 aromatic rings. The zero-order valence-corrected chi connectivity index (χ0v) is 11.3. The van der Waals surface area contributed by atoms with Gasteiger partial charge in [-0.3, -0.25) is 14.3 Å². The van der Waals surface area contributed by atoms with Crippen LogP contribution in [0.5, 0.6) is 0 Å². The normalized spacial score (nSPS) is 28.7. The summed E-state index contributed by atoms with van der Waals surface area (Å²) in [6, 6.07) is 1.18. The molecular weight excluding hydrogens is 284 g/mol. The summed E-state index contributed by atoms with van der Waals surface area (Å²) in [5, 5.41) is 19.9. The largest absolute Gasteiger partial charge is 0.387 e. The number of aromatic nitrogens is 2. The molecule has 1 aliphatic rings. The van der Waals surface area contributed by atoms with Gasteiger partial charge in [-0.05, 0) is 6.92 Å². The second-order valence-corrected chi connectivity index (χ2v) is 4.70. The van der Waals surface area contributed by atoms with Gasteiger partial charge in [0.05, 0.1) is 6.61 Å². The van der Waals surface area contributed by atoms with Crippen molar-refractivity contribution >= 4 is 6.29 Å². The minimum Gasteiger partial charge on any atom is -0.387 e. The van der Waals surface area contributed by atoms with Crippen LogP contribution < -0.4 is 11.2 Å². The van der Waals surface area contributed by atoms with Gasteiger partial charge in [-0.25, -0.2) is 4.79 Å². The van der Waals surface area contributed by atoms with Crippen molar-refractivity contribution in [2.75, 3.05) is 13.2 Å². The number of carbonyl (C=O) groups is 1. The van der Waals surface area contributed by atoms with E-state index in [1.807, 2.05) is 0 Å². The van der Waals surface area contributed by atoms with Crippen LogP contribution in [0.2, 0.25) is 0 Å². The summed E-state index contributed by atoms with van der Waals surface area (Å²) in [6.07, 6.45) is -4.12. The van der Waals surface area contributed by atoms with Crippen molar-refractivity contribution in [3.05, 3.63) is 32.6 Å². The summed E-state index contributed by atoms with van der Waals surface area (Å²) in [5.41, 5.74) is -1.02. The van der Waals surface area contributed by atoms with Crippen molar-refractivity contribution in [1.29, 1.82) is 0 Å². The predicted molar refractivity (Wildman–Crippen MR) is 68.9 cm³/mol. The van der Waals surface area contributed by atoms with Crippen LogP contribution in [0.25, 0.3) is 0 Å². The molecule has 2 unspecified atom stereocenters. The SMILES string of the molecule is Cc1cc(=O)[nH]c(=O)n1[C@H]1O[C@@H](COCC=O)C(O)C1O. The predicted octanol–water partition coefficient (Wildman–Crippen LogP) is -2.32. The van der Waals surface area contributed by atoms with E-state index in [0.29, 0.717) is 6.29 Å². The van der Waals surface area contributed by atoms with Crippen molar-refractivity contribution in [3.8, 4) is 0 Å². The Hall–Kier alpha value is -1.81. The topological polar surface area (TPSA) is 131 Å². The number of aromatic amines is 1. The van der Waals surface area contributed by atoms with E-state index >= 15 is 0 Å². The molecule has 0 radical (unpaired) electrons. The molecule has 2 rings (SSSR count). The minimum atomic E-state index is -1.36. The van der Waals surface area contributed by atoms with Gasteiger partial charge in [-0.2, -0.15) is 0 Å². The maximum Gasteiger partial charge on any atom is 0.330 e. The molecule has 0 aliphatic carbocycles. The first kappa shape index (κ1) is 15.6. The van der Waals surface area contributed by atoms with Crippen molar-refractivity contribution < 1.29 is 24.5 Å². The smallest absolute Gasteiger partial charge is 0.330 e. The van der Waals surface area contributed by atoms with E-state index in [-0.39, 0.29) is 18.9 Å². The lowest BCUT2D eigenvalue weighted by molar-refractivity contribution is -0.115. The highest BCUT2D eigenvalue weighted by Gasteiger charge is 2.44. The van der Waals surface area contributed by atoms with E-state index in [9.17, 15) is 24.6 Å². The highest BCUT2D eigenvalue weighted by molar-refractivity contribution is 5.50. The Kier molecular flexibility index (Phi) is 4.68. The van der Waals surface area contributed by atoms with Crippen molar-refractivity contribution in [2.45, 2.75) is 31.5 Å². The Bertz CT molecular complexity index is 623. The molecule has 0 amide bonds. The molecule has 9 heteroatoms. The Morgan fingerprint density at radius 2 is 2.14 bits per heavy atom. The number of ether oxygens (including phenoxy) is 2. The van der Waals surface area contributed by atoms with Crippen LogP contribution in [0.1, 0.15) is 11.9 Å². The Morgan fingerprint density at radius 1 is 1.43 bits per heavy atom. The number of nitrogens with one attached hydrogen (secondary N) is 1. The van der Waals surface area contributed by atoms with Gasteiger partial charge in [-0.1, -0.05) is 0 Å². The summed E-state index contributed by atoms with van der Waals surface area (Å²) in [5.74, 6) is 0. The number of aliphatic hydroxyl groups excluding tert-OH is 2. The maximum atomic E-state index is 11.8.